The van der Waals surface area contributed by atoms with Gasteiger partial charge in [-0.2, -0.15) is 0 Å². The van der Waals surface area contributed by atoms with Crippen LogP contribution in [-0.4, -0.2) is 5.91 Å². The molecule has 18 heavy (non-hydrogen) atoms. The lowest BCUT2D eigenvalue weighted by Crippen LogP contribution is -2.28. The van der Waals surface area contributed by atoms with E-state index in [-0.39, 0.29) is 18.4 Å². The first kappa shape index (κ1) is 12.4. The molecular weight excluding hydrogens is 222 g/mol. The quantitative estimate of drug-likeness (QED) is 0.871. The Hall–Kier alpha value is -2.09. The van der Waals surface area contributed by atoms with Crippen molar-refractivity contribution in [2.75, 3.05) is 0 Å². The van der Waals surface area contributed by atoms with Gasteiger partial charge in [0.15, 0.2) is 0 Å². The van der Waals surface area contributed by atoms with Gasteiger partial charge in [0, 0.05) is 6.42 Å². The molecule has 2 heteroatoms. The van der Waals surface area contributed by atoms with Crippen molar-refractivity contribution in [3.63, 3.8) is 0 Å². The Kier molecular flexibility index (Phi) is 4.13. The Bertz CT molecular complexity index is 454. The van der Waals surface area contributed by atoms with E-state index in [4.69, 9.17) is 0 Å². The van der Waals surface area contributed by atoms with Crippen LogP contribution in [0.2, 0.25) is 0 Å². The van der Waals surface area contributed by atoms with E-state index in [1.54, 1.807) is 0 Å². The van der Waals surface area contributed by atoms with E-state index in [1.165, 1.54) is 0 Å². The van der Waals surface area contributed by atoms with Crippen molar-refractivity contribution >= 4 is 5.91 Å². The molecule has 0 heterocycles. The molecule has 0 atom stereocenters. The van der Waals surface area contributed by atoms with E-state index in [0.29, 0.717) is 0 Å². The van der Waals surface area contributed by atoms with Crippen LogP contribution in [0.1, 0.15) is 23.6 Å². The van der Waals surface area contributed by atoms with Gasteiger partial charge in [-0.15, -0.1) is 0 Å². The summed E-state index contributed by atoms with van der Waals surface area (Å²) >= 11 is 0. The number of nitrogens with one attached hydrogen (secondary N) is 1. The zero-order chi connectivity index (χ0) is 12.8. The molecule has 0 spiro atoms. The van der Waals surface area contributed by atoms with Gasteiger partial charge in [-0.3, -0.25) is 4.79 Å². The molecule has 1 amide bonds. The van der Waals surface area contributed by atoms with Crippen LogP contribution in [0.3, 0.4) is 0 Å². The average Bonchev–Trinajstić information content (AvgIpc) is 2.46. The predicted molar refractivity (Wildman–Crippen MR) is 72.8 cm³/mol. The monoisotopic (exact) mass is 238 g/mol. The van der Waals surface area contributed by atoms with Crippen molar-refractivity contribution < 1.29 is 4.79 Å². The number of amides is 1. The minimum atomic E-state index is -0.110. The summed E-state index contributed by atoms with van der Waals surface area (Å²) < 4.78 is 0. The van der Waals surface area contributed by atoms with Crippen LogP contribution in [0.15, 0.2) is 60.7 Å². The highest BCUT2D eigenvalue weighted by atomic mass is 16.1. The summed E-state index contributed by atoms with van der Waals surface area (Å²) in [5.41, 5.74) is 2.15. The second-order valence-corrected chi connectivity index (χ2v) is 4.07. The highest BCUT2D eigenvalue weighted by Crippen LogP contribution is 2.21. The van der Waals surface area contributed by atoms with Crippen LogP contribution in [-0.2, 0) is 4.79 Å². The molecule has 0 aliphatic heterocycles. The molecule has 1 radical (unpaired) electrons. The first-order chi connectivity index (χ1) is 8.81. The molecule has 91 valence electrons. The van der Waals surface area contributed by atoms with E-state index in [0.717, 1.165) is 11.1 Å². The van der Waals surface area contributed by atoms with Crippen molar-refractivity contribution in [3.05, 3.63) is 78.7 Å². The fourth-order valence-corrected chi connectivity index (χ4v) is 1.88. The minimum Gasteiger partial charge on any atom is -0.345 e. The summed E-state index contributed by atoms with van der Waals surface area (Å²) in [6.07, 6.45) is 0.246. The number of hydrogen-bond acceptors (Lipinski definition) is 1. The van der Waals surface area contributed by atoms with Gasteiger partial charge in [0.25, 0.3) is 0 Å². The van der Waals surface area contributed by atoms with Crippen molar-refractivity contribution in [2.45, 2.75) is 12.5 Å². The van der Waals surface area contributed by atoms with Gasteiger partial charge in [0.05, 0.1) is 6.04 Å². The van der Waals surface area contributed by atoms with Gasteiger partial charge in [0.2, 0.25) is 5.91 Å². The number of carbonyl (C=O) groups is 1. The SMILES string of the molecule is [CH2]CC(=O)NC(c1ccccc1)c1ccccc1. The third-order valence-corrected chi connectivity index (χ3v) is 2.80. The lowest BCUT2D eigenvalue weighted by atomic mass is 9.98. The number of benzene rings is 2. The largest absolute Gasteiger partial charge is 0.345 e. The maximum atomic E-state index is 11.6. The van der Waals surface area contributed by atoms with Gasteiger partial charge in [-0.25, -0.2) is 0 Å². The topological polar surface area (TPSA) is 29.1 Å². The third-order valence-electron chi connectivity index (χ3n) is 2.80. The molecule has 2 rings (SSSR count). The third kappa shape index (κ3) is 2.98. The Balaban J connectivity index is 2.32. The molecule has 0 unspecified atom stereocenters. The lowest BCUT2D eigenvalue weighted by molar-refractivity contribution is -0.120. The smallest absolute Gasteiger partial charge is 0.220 e. The molecule has 0 saturated carbocycles. The normalized spacial score (nSPS) is 10.3. The zero-order valence-electron chi connectivity index (χ0n) is 10.2. The molecule has 0 aliphatic rings. The van der Waals surface area contributed by atoms with Gasteiger partial charge >= 0.3 is 0 Å². The van der Waals surface area contributed by atoms with Crippen LogP contribution in [0.5, 0.6) is 0 Å². The van der Waals surface area contributed by atoms with Gasteiger partial charge in [-0.05, 0) is 18.1 Å². The maximum absolute atomic E-state index is 11.6. The van der Waals surface area contributed by atoms with E-state index < -0.39 is 0 Å². The first-order valence-electron chi connectivity index (χ1n) is 6.00. The number of hydrogen-bond donors (Lipinski definition) is 1. The molecule has 0 fully saturated rings. The molecule has 1 N–H and O–H groups in total. The van der Waals surface area contributed by atoms with E-state index in [9.17, 15) is 4.79 Å². The van der Waals surface area contributed by atoms with Gasteiger partial charge in [0.1, 0.15) is 0 Å². The van der Waals surface area contributed by atoms with E-state index in [2.05, 4.69) is 12.2 Å². The van der Waals surface area contributed by atoms with Crippen LogP contribution in [0.4, 0.5) is 0 Å². The highest BCUT2D eigenvalue weighted by molar-refractivity contribution is 5.77. The molecule has 2 nitrogen and oxygen atoms in total. The summed E-state index contributed by atoms with van der Waals surface area (Å²) in [5.74, 6) is -0.0484. The minimum absolute atomic E-state index is 0.0484. The number of carbonyl (C=O) groups excluding carboxylic acids is 1. The molecule has 0 bridgehead atoms. The fourth-order valence-electron chi connectivity index (χ4n) is 1.88. The van der Waals surface area contributed by atoms with Gasteiger partial charge < -0.3 is 5.32 Å². The van der Waals surface area contributed by atoms with E-state index in [1.807, 2.05) is 60.7 Å². The lowest BCUT2D eigenvalue weighted by Gasteiger charge is -2.19. The fraction of sp³-hybridized carbons (Fsp3) is 0.125. The molecule has 0 saturated heterocycles. The molecule has 0 aromatic heterocycles. The Morgan fingerprint density at radius 1 is 0.944 bits per heavy atom. The second-order valence-electron chi connectivity index (χ2n) is 4.07. The maximum Gasteiger partial charge on any atom is 0.220 e. The van der Waals surface area contributed by atoms with Crippen molar-refractivity contribution in [3.8, 4) is 0 Å². The summed E-state index contributed by atoms with van der Waals surface area (Å²) in [4.78, 5) is 11.6. The number of rotatable bonds is 4. The molecule has 2 aromatic rings. The molecular formula is C16H16NO. The summed E-state index contributed by atoms with van der Waals surface area (Å²) in [7, 11) is 0. The standard InChI is InChI=1S/C16H16NO/c1-2-15(18)17-16(13-9-5-3-6-10-13)14-11-7-4-8-12-14/h3-12,16H,1-2H2,(H,17,18). The predicted octanol–water partition coefficient (Wildman–Crippen LogP) is 3.12. The van der Waals surface area contributed by atoms with Crippen LogP contribution >= 0.6 is 0 Å². The molecule has 0 aliphatic carbocycles. The van der Waals surface area contributed by atoms with Crippen molar-refractivity contribution in [1.29, 1.82) is 0 Å². The van der Waals surface area contributed by atoms with Gasteiger partial charge in [-0.1, -0.05) is 60.7 Å². The van der Waals surface area contributed by atoms with Crippen LogP contribution < -0.4 is 5.32 Å². The summed E-state index contributed by atoms with van der Waals surface area (Å²) in [5, 5.41) is 3.00. The zero-order valence-corrected chi connectivity index (χ0v) is 10.2. The second kappa shape index (κ2) is 6.01. The van der Waals surface area contributed by atoms with Crippen molar-refractivity contribution in [1.82, 2.24) is 5.32 Å². The van der Waals surface area contributed by atoms with Crippen LogP contribution in [0.25, 0.3) is 0 Å². The Morgan fingerprint density at radius 2 is 1.39 bits per heavy atom. The van der Waals surface area contributed by atoms with E-state index >= 15 is 0 Å². The molecule has 2 aromatic carbocycles. The summed E-state index contributed by atoms with van der Waals surface area (Å²) in [6, 6.07) is 19.8. The Morgan fingerprint density at radius 3 is 1.78 bits per heavy atom. The van der Waals surface area contributed by atoms with Crippen LogP contribution in [0, 0.1) is 6.92 Å². The highest BCUT2D eigenvalue weighted by Gasteiger charge is 2.15. The Labute approximate surface area is 108 Å². The van der Waals surface area contributed by atoms with Crippen molar-refractivity contribution in [2.24, 2.45) is 0 Å². The first-order valence-corrected chi connectivity index (χ1v) is 6.00. The average molecular weight is 238 g/mol. The summed E-state index contributed by atoms with van der Waals surface area (Å²) in [6.45, 7) is 3.61.